The molecule has 20 heavy (non-hydrogen) atoms. The van der Waals surface area contributed by atoms with Crippen molar-refractivity contribution in [2.24, 2.45) is 5.84 Å². The largest absolute Gasteiger partial charge is 0.497 e. The molecule has 0 aliphatic carbocycles. The van der Waals surface area contributed by atoms with Crippen molar-refractivity contribution in [1.82, 2.24) is 5.43 Å². The molecule has 2 atom stereocenters. The smallest absolute Gasteiger partial charge is 0.263 e. The molecule has 0 bridgehead atoms. The van der Waals surface area contributed by atoms with Gasteiger partial charge in [-0.2, -0.15) is 0 Å². The van der Waals surface area contributed by atoms with Crippen molar-refractivity contribution in [3.63, 3.8) is 0 Å². The zero-order valence-electron chi connectivity index (χ0n) is 11.8. The van der Waals surface area contributed by atoms with E-state index in [1.54, 1.807) is 7.11 Å². The fourth-order valence-corrected chi connectivity index (χ4v) is 2.38. The lowest BCUT2D eigenvalue weighted by atomic mass is 10.2. The van der Waals surface area contributed by atoms with E-state index in [1.807, 2.05) is 31.3 Å². The van der Waals surface area contributed by atoms with Crippen molar-refractivity contribution in [3.8, 4) is 5.75 Å². The van der Waals surface area contributed by atoms with Crippen LogP contribution in [0.2, 0.25) is 0 Å². The van der Waals surface area contributed by atoms with E-state index >= 15 is 0 Å². The molecule has 1 aromatic carbocycles. The minimum Gasteiger partial charge on any atom is -0.497 e. The molecular formula is C14H21N3O3. The van der Waals surface area contributed by atoms with E-state index in [9.17, 15) is 4.79 Å². The van der Waals surface area contributed by atoms with Crippen molar-refractivity contribution in [2.75, 3.05) is 25.6 Å². The molecule has 0 radical (unpaired) electrons. The third kappa shape index (κ3) is 3.40. The van der Waals surface area contributed by atoms with Crippen LogP contribution >= 0.6 is 0 Å². The lowest BCUT2D eigenvalue weighted by molar-refractivity contribution is -0.131. The molecule has 0 saturated carbocycles. The van der Waals surface area contributed by atoms with Crippen LogP contribution in [0.25, 0.3) is 0 Å². The minimum atomic E-state index is -0.427. The minimum absolute atomic E-state index is 0.0356. The van der Waals surface area contributed by atoms with Gasteiger partial charge in [0.1, 0.15) is 11.9 Å². The highest BCUT2D eigenvalue weighted by atomic mass is 16.5. The maximum atomic E-state index is 11.4. The van der Waals surface area contributed by atoms with Gasteiger partial charge in [0.15, 0.2) is 0 Å². The summed E-state index contributed by atoms with van der Waals surface area (Å²) in [5, 5.41) is 0. The van der Waals surface area contributed by atoms with Crippen LogP contribution in [0.4, 0.5) is 5.69 Å². The van der Waals surface area contributed by atoms with Crippen LogP contribution in [0.1, 0.15) is 12.8 Å². The molecule has 1 saturated heterocycles. The van der Waals surface area contributed by atoms with Gasteiger partial charge in [-0.3, -0.25) is 10.2 Å². The van der Waals surface area contributed by atoms with Gasteiger partial charge in [0.2, 0.25) is 0 Å². The summed E-state index contributed by atoms with van der Waals surface area (Å²) in [6, 6.07) is 7.84. The molecule has 6 nitrogen and oxygen atoms in total. The highest BCUT2D eigenvalue weighted by Gasteiger charge is 2.30. The fraction of sp³-hybridized carbons (Fsp3) is 0.500. The van der Waals surface area contributed by atoms with Crippen molar-refractivity contribution in [3.05, 3.63) is 24.3 Å². The Morgan fingerprint density at radius 2 is 2.35 bits per heavy atom. The summed E-state index contributed by atoms with van der Waals surface area (Å²) in [5.74, 6) is 5.69. The van der Waals surface area contributed by atoms with Crippen LogP contribution in [0.3, 0.4) is 0 Å². The molecule has 6 heteroatoms. The van der Waals surface area contributed by atoms with Crippen LogP contribution in [-0.4, -0.2) is 38.8 Å². The second kappa shape index (κ2) is 6.58. The monoisotopic (exact) mass is 279 g/mol. The van der Waals surface area contributed by atoms with Crippen LogP contribution in [-0.2, 0) is 9.53 Å². The maximum absolute atomic E-state index is 11.4. The van der Waals surface area contributed by atoms with Crippen LogP contribution < -0.4 is 20.9 Å². The summed E-state index contributed by atoms with van der Waals surface area (Å²) in [6.45, 7) is 0.724. The highest BCUT2D eigenvalue weighted by Crippen LogP contribution is 2.24. The Balaban J connectivity index is 1.92. The first kappa shape index (κ1) is 14.6. The number of hydrazine groups is 1. The molecule has 2 unspecified atom stereocenters. The number of nitrogens with one attached hydrogen (secondary N) is 1. The van der Waals surface area contributed by atoms with E-state index in [-0.39, 0.29) is 12.0 Å². The number of benzene rings is 1. The Kier molecular flexibility index (Phi) is 4.81. The van der Waals surface area contributed by atoms with E-state index in [4.69, 9.17) is 15.3 Å². The first-order valence-corrected chi connectivity index (χ1v) is 6.65. The Morgan fingerprint density at radius 1 is 1.55 bits per heavy atom. The topological polar surface area (TPSA) is 76.8 Å². The van der Waals surface area contributed by atoms with E-state index in [0.717, 1.165) is 24.4 Å². The molecule has 2 rings (SSSR count). The Labute approximate surface area is 118 Å². The van der Waals surface area contributed by atoms with Crippen LogP contribution in [0.15, 0.2) is 24.3 Å². The summed E-state index contributed by atoms with van der Waals surface area (Å²) in [7, 11) is 3.64. The van der Waals surface area contributed by atoms with E-state index < -0.39 is 6.10 Å². The van der Waals surface area contributed by atoms with Crippen LogP contribution in [0, 0.1) is 0 Å². The molecule has 1 amide bonds. The summed E-state index contributed by atoms with van der Waals surface area (Å²) < 4.78 is 10.9. The number of hydrogen-bond acceptors (Lipinski definition) is 5. The molecule has 1 aromatic rings. The summed E-state index contributed by atoms with van der Waals surface area (Å²) in [4.78, 5) is 13.5. The van der Waals surface area contributed by atoms with Crippen molar-refractivity contribution in [2.45, 2.75) is 25.0 Å². The quantitative estimate of drug-likeness (QED) is 0.470. The van der Waals surface area contributed by atoms with E-state index in [1.165, 1.54) is 0 Å². The van der Waals surface area contributed by atoms with Gasteiger partial charge in [0.05, 0.1) is 13.2 Å². The normalized spacial score (nSPS) is 21.6. The zero-order chi connectivity index (χ0) is 14.5. The third-order valence-electron chi connectivity index (χ3n) is 3.51. The average molecular weight is 279 g/mol. The standard InChI is InChI=1S/C14H21N3O3/c1-17(10-4-3-5-11(8-10)19-2)9-12-6-7-13(20-12)14(18)16-15/h3-5,8,12-13H,6-7,9,15H2,1-2H3,(H,16,18). The summed E-state index contributed by atoms with van der Waals surface area (Å²) in [6.07, 6.45) is 1.17. The third-order valence-corrected chi connectivity index (χ3v) is 3.51. The Morgan fingerprint density at radius 3 is 3.05 bits per heavy atom. The molecule has 3 N–H and O–H groups in total. The maximum Gasteiger partial charge on any atom is 0.263 e. The number of methoxy groups -OCH3 is 1. The first-order chi connectivity index (χ1) is 9.63. The number of nitrogens with zero attached hydrogens (tertiary/aromatic N) is 1. The highest BCUT2D eigenvalue weighted by molar-refractivity contribution is 5.80. The lowest BCUT2D eigenvalue weighted by Crippen LogP contribution is -2.40. The SMILES string of the molecule is COc1cccc(N(C)CC2CCC(C(=O)NN)O2)c1. The van der Waals surface area contributed by atoms with Gasteiger partial charge in [-0.25, -0.2) is 5.84 Å². The van der Waals surface area contributed by atoms with Gasteiger partial charge < -0.3 is 14.4 Å². The van der Waals surface area contributed by atoms with Crippen LogP contribution in [0.5, 0.6) is 5.75 Å². The van der Waals surface area contributed by atoms with Gasteiger partial charge in [-0.1, -0.05) is 6.07 Å². The molecule has 1 aliphatic rings. The number of carbonyl (C=O) groups excluding carboxylic acids is 1. The number of nitrogens with two attached hydrogens (primary N) is 1. The number of anilines is 1. The molecule has 0 aromatic heterocycles. The predicted octanol–water partition coefficient (Wildman–Crippen LogP) is 0.669. The Bertz CT molecular complexity index is 467. The average Bonchev–Trinajstić information content (AvgIpc) is 2.95. The molecule has 1 fully saturated rings. The lowest BCUT2D eigenvalue weighted by Gasteiger charge is -2.23. The number of hydrogen-bond donors (Lipinski definition) is 2. The number of amides is 1. The molecular weight excluding hydrogens is 258 g/mol. The first-order valence-electron chi connectivity index (χ1n) is 6.65. The van der Waals surface area contributed by atoms with E-state index in [0.29, 0.717) is 6.42 Å². The van der Waals surface area contributed by atoms with Gasteiger partial charge in [0, 0.05) is 25.3 Å². The second-order valence-corrected chi connectivity index (χ2v) is 4.91. The zero-order valence-corrected chi connectivity index (χ0v) is 11.8. The number of likely N-dealkylation sites (N-methyl/N-ethyl adjacent to an activating group) is 1. The van der Waals surface area contributed by atoms with Gasteiger partial charge in [0.25, 0.3) is 5.91 Å². The number of carbonyl (C=O) groups is 1. The predicted molar refractivity (Wildman–Crippen MR) is 76.5 cm³/mol. The summed E-state index contributed by atoms with van der Waals surface area (Å²) >= 11 is 0. The molecule has 1 aliphatic heterocycles. The van der Waals surface area contributed by atoms with Gasteiger partial charge >= 0.3 is 0 Å². The number of rotatable bonds is 5. The molecule has 0 spiro atoms. The van der Waals surface area contributed by atoms with Crippen molar-refractivity contribution in [1.29, 1.82) is 0 Å². The van der Waals surface area contributed by atoms with Crippen molar-refractivity contribution >= 4 is 11.6 Å². The van der Waals surface area contributed by atoms with Gasteiger partial charge in [-0.15, -0.1) is 0 Å². The number of ether oxygens (including phenoxy) is 2. The molecule has 1 heterocycles. The fourth-order valence-electron chi connectivity index (χ4n) is 2.38. The van der Waals surface area contributed by atoms with Crippen molar-refractivity contribution < 1.29 is 14.3 Å². The van der Waals surface area contributed by atoms with Gasteiger partial charge in [-0.05, 0) is 25.0 Å². The second-order valence-electron chi connectivity index (χ2n) is 4.91. The van der Waals surface area contributed by atoms with E-state index in [2.05, 4.69) is 10.3 Å². The molecule has 110 valence electrons. The summed E-state index contributed by atoms with van der Waals surface area (Å²) in [5.41, 5.74) is 3.19. The Hall–Kier alpha value is -1.79.